The summed E-state index contributed by atoms with van der Waals surface area (Å²) >= 11 is 0. The van der Waals surface area contributed by atoms with Crippen LogP contribution in [0.15, 0.2) is 53.2 Å². The number of pyridine rings is 1. The average molecular weight is 405 g/mol. The van der Waals surface area contributed by atoms with Gasteiger partial charge in [0.15, 0.2) is 5.69 Å². The standard InChI is InChI=1S/C22H23N5O3/c1-15-3-5-17(6-4-15)21(28)24-18-7-8-20(23-14-18)26-9-11-27(12-10-26)22(29)19-13-16(2)30-25-19/h3-8,13-14H,9-12H2,1-2H3,(H,24,28). The van der Waals surface area contributed by atoms with Gasteiger partial charge in [-0.2, -0.15) is 0 Å². The number of carbonyl (C=O) groups excluding carboxylic acids is 2. The minimum Gasteiger partial charge on any atom is -0.361 e. The predicted octanol–water partition coefficient (Wildman–Crippen LogP) is 2.90. The number of anilines is 2. The Balaban J connectivity index is 1.33. The molecule has 0 bridgehead atoms. The molecule has 0 radical (unpaired) electrons. The summed E-state index contributed by atoms with van der Waals surface area (Å²) in [6, 6.07) is 12.8. The molecule has 8 heteroatoms. The van der Waals surface area contributed by atoms with Gasteiger partial charge in [0.05, 0.1) is 11.9 Å². The summed E-state index contributed by atoms with van der Waals surface area (Å²) in [6.45, 7) is 6.25. The summed E-state index contributed by atoms with van der Waals surface area (Å²) in [5.74, 6) is 1.15. The van der Waals surface area contributed by atoms with Crippen LogP contribution in [0.4, 0.5) is 11.5 Å². The van der Waals surface area contributed by atoms with E-state index >= 15 is 0 Å². The second kappa shape index (κ2) is 8.36. The van der Waals surface area contributed by atoms with Gasteiger partial charge in [-0.3, -0.25) is 9.59 Å². The van der Waals surface area contributed by atoms with Gasteiger partial charge >= 0.3 is 0 Å². The van der Waals surface area contributed by atoms with E-state index in [1.54, 1.807) is 36.2 Å². The minimum absolute atomic E-state index is 0.117. The van der Waals surface area contributed by atoms with Crippen LogP contribution in [0.1, 0.15) is 32.2 Å². The highest BCUT2D eigenvalue weighted by Gasteiger charge is 2.24. The Labute approximate surface area is 174 Å². The highest BCUT2D eigenvalue weighted by atomic mass is 16.5. The number of hydrogen-bond acceptors (Lipinski definition) is 6. The summed E-state index contributed by atoms with van der Waals surface area (Å²) in [6.07, 6.45) is 1.65. The van der Waals surface area contributed by atoms with Crippen LogP contribution < -0.4 is 10.2 Å². The summed E-state index contributed by atoms with van der Waals surface area (Å²) in [5.41, 5.74) is 2.69. The van der Waals surface area contributed by atoms with E-state index in [1.165, 1.54) is 0 Å². The summed E-state index contributed by atoms with van der Waals surface area (Å²) in [7, 11) is 0. The van der Waals surface area contributed by atoms with E-state index in [9.17, 15) is 9.59 Å². The molecule has 1 fully saturated rings. The van der Waals surface area contributed by atoms with Crippen LogP contribution >= 0.6 is 0 Å². The van der Waals surface area contributed by atoms with Crippen molar-refractivity contribution in [1.29, 1.82) is 0 Å². The topological polar surface area (TPSA) is 91.6 Å². The molecule has 3 heterocycles. The zero-order chi connectivity index (χ0) is 21.1. The van der Waals surface area contributed by atoms with Crippen LogP contribution in [0.5, 0.6) is 0 Å². The third-order valence-electron chi connectivity index (χ3n) is 5.06. The lowest BCUT2D eigenvalue weighted by molar-refractivity contribution is 0.0736. The number of piperazine rings is 1. The smallest absolute Gasteiger partial charge is 0.276 e. The average Bonchev–Trinajstić information content (AvgIpc) is 3.20. The normalized spacial score (nSPS) is 13.9. The van der Waals surface area contributed by atoms with E-state index in [2.05, 4.69) is 20.4 Å². The quantitative estimate of drug-likeness (QED) is 0.718. The molecular formula is C22H23N5O3. The molecular weight excluding hydrogens is 382 g/mol. The molecule has 4 rings (SSSR count). The molecule has 0 aliphatic carbocycles. The molecule has 1 aliphatic rings. The lowest BCUT2D eigenvalue weighted by atomic mass is 10.1. The Bertz CT molecular complexity index is 1040. The van der Waals surface area contributed by atoms with Gasteiger partial charge in [0.25, 0.3) is 11.8 Å². The molecule has 30 heavy (non-hydrogen) atoms. The first-order valence-electron chi connectivity index (χ1n) is 9.81. The Morgan fingerprint density at radius 3 is 2.33 bits per heavy atom. The highest BCUT2D eigenvalue weighted by Crippen LogP contribution is 2.18. The predicted molar refractivity (Wildman–Crippen MR) is 113 cm³/mol. The number of nitrogens with zero attached hydrogens (tertiary/aromatic N) is 4. The summed E-state index contributed by atoms with van der Waals surface area (Å²) in [4.78, 5) is 33.2. The van der Waals surface area contributed by atoms with E-state index in [4.69, 9.17) is 4.52 Å². The molecule has 1 saturated heterocycles. The van der Waals surface area contributed by atoms with E-state index in [1.807, 2.05) is 31.2 Å². The lowest BCUT2D eigenvalue weighted by Gasteiger charge is -2.35. The number of aromatic nitrogens is 2. The number of rotatable bonds is 4. The first kappa shape index (κ1) is 19.6. The van der Waals surface area contributed by atoms with Crippen molar-refractivity contribution in [3.63, 3.8) is 0 Å². The van der Waals surface area contributed by atoms with Gasteiger partial charge in [0.1, 0.15) is 11.6 Å². The van der Waals surface area contributed by atoms with Crippen molar-refractivity contribution in [3.8, 4) is 0 Å². The second-order valence-corrected chi connectivity index (χ2v) is 7.33. The van der Waals surface area contributed by atoms with Crippen molar-refractivity contribution in [2.75, 3.05) is 36.4 Å². The van der Waals surface area contributed by atoms with Gasteiger partial charge in [-0.1, -0.05) is 22.9 Å². The van der Waals surface area contributed by atoms with E-state index in [-0.39, 0.29) is 11.8 Å². The van der Waals surface area contributed by atoms with Gasteiger partial charge in [-0.15, -0.1) is 0 Å². The lowest BCUT2D eigenvalue weighted by Crippen LogP contribution is -2.49. The van der Waals surface area contributed by atoms with Crippen molar-refractivity contribution < 1.29 is 14.1 Å². The van der Waals surface area contributed by atoms with Gasteiger partial charge in [-0.25, -0.2) is 4.98 Å². The molecule has 1 aromatic carbocycles. The number of nitrogens with one attached hydrogen (secondary N) is 1. The van der Waals surface area contributed by atoms with Gasteiger partial charge < -0.3 is 19.6 Å². The van der Waals surface area contributed by atoms with Crippen LogP contribution in [0.25, 0.3) is 0 Å². The molecule has 3 aromatic rings. The SMILES string of the molecule is Cc1ccc(C(=O)Nc2ccc(N3CCN(C(=O)c4cc(C)on4)CC3)nc2)cc1. The number of carbonyl (C=O) groups is 2. The summed E-state index contributed by atoms with van der Waals surface area (Å²) < 4.78 is 4.99. The largest absolute Gasteiger partial charge is 0.361 e. The highest BCUT2D eigenvalue weighted by molar-refractivity contribution is 6.04. The fourth-order valence-corrected chi connectivity index (χ4v) is 3.32. The molecule has 8 nitrogen and oxygen atoms in total. The summed E-state index contributed by atoms with van der Waals surface area (Å²) in [5, 5.41) is 6.66. The van der Waals surface area contributed by atoms with Crippen molar-refractivity contribution in [2.24, 2.45) is 0 Å². The maximum absolute atomic E-state index is 12.5. The number of hydrogen-bond donors (Lipinski definition) is 1. The molecule has 0 saturated carbocycles. The maximum atomic E-state index is 12.5. The molecule has 1 N–H and O–H groups in total. The monoisotopic (exact) mass is 405 g/mol. The number of benzene rings is 1. The first-order chi connectivity index (χ1) is 14.5. The first-order valence-corrected chi connectivity index (χ1v) is 9.81. The number of amides is 2. The molecule has 0 unspecified atom stereocenters. The van der Waals surface area contributed by atoms with Crippen molar-refractivity contribution >= 4 is 23.3 Å². The Kier molecular flexibility index (Phi) is 5.47. The molecule has 1 aliphatic heterocycles. The fourth-order valence-electron chi connectivity index (χ4n) is 3.32. The van der Waals surface area contributed by atoms with Crippen molar-refractivity contribution in [1.82, 2.24) is 15.0 Å². The van der Waals surface area contributed by atoms with Gasteiger partial charge in [0, 0.05) is 37.8 Å². The van der Waals surface area contributed by atoms with Crippen LogP contribution in [-0.4, -0.2) is 53.0 Å². The van der Waals surface area contributed by atoms with Crippen LogP contribution in [0, 0.1) is 13.8 Å². The third-order valence-corrected chi connectivity index (χ3v) is 5.06. The Morgan fingerprint density at radius 2 is 1.73 bits per heavy atom. The van der Waals surface area contributed by atoms with Gasteiger partial charge in [0.2, 0.25) is 0 Å². The zero-order valence-corrected chi connectivity index (χ0v) is 17.0. The number of aryl methyl sites for hydroxylation is 2. The minimum atomic E-state index is -0.167. The van der Waals surface area contributed by atoms with Crippen molar-refractivity contribution in [3.05, 3.63) is 71.2 Å². The van der Waals surface area contributed by atoms with Crippen LogP contribution in [0.3, 0.4) is 0 Å². The third kappa shape index (κ3) is 4.32. The van der Waals surface area contributed by atoms with Gasteiger partial charge in [-0.05, 0) is 38.1 Å². The van der Waals surface area contributed by atoms with E-state index < -0.39 is 0 Å². The Hall–Kier alpha value is -3.68. The molecule has 154 valence electrons. The molecule has 0 spiro atoms. The zero-order valence-electron chi connectivity index (χ0n) is 17.0. The molecule has 0 atom stereocenters. The van der Waals surface area contributed by atoms with E-state index in [0.717, 1.165) is 11.4 Å². The molecule has 2 amide bonds. The second-order valence-electron chi connectivity index (χ2n) is 7.33. The van der Waals surface area contributed by atoms with Crippen molar-refractivity contribution in [2.45, 2.75) is 13.8 Å². The Morgan fingerprint density at radius 1 is 1.00 bits per heavy atom. The van der Waals surface area contributed by atoms with Crippen LogP contribution in [0.2, 0.25) is 0 Å². The fraction of sp³-hybridized carbons (Fsp3) is 0.273. The maximum Gasteiger partial charge on any atom is 0.276 e. The van der Waals surface area contributed by atoms with Crippen LogP contribution in [-0.2, 0) is 0 Å². The van der Waals surface area contributed by atoms with E-state index in [0.29, 0.717) is 48.9 Å². The molecule has 2 aromatic heterocycles.